The fourth-order valence-corrected chi connectivity index (χ4v) is 4.18. The first-order chi connectivity index (χ1) is 17.4. The lowest BCUT2D eigenvalue weighted by molar-refractivity contribution is 0.101. The number of aryl methyl sites for hydroxylation is 4. The highest BCUT2D eigenvalue weighted by Crippen LogP contribution is 2.23. The van der Waals surface area contributed by atoms with Crippen LogP contribution >= 0.6 is 0 Å². The quantitative estimate of drug-likeness (QED) is 0.322. The van der Waals surface area contributed by atoms with E-state index in [0.717, 1.165) is 47.4 Å². The molecule has 0 saturated heterocycles. The van der Waals surface area contributed by atoms with E-state index in [9.17, 15) is 10.1 Å². The maximum absolute atomic E-state index is 12.3. The van der Waals surface area contributed by atoms with Gasteiger partial charge in [-0.05, 0) is 88.1 Å². The molecule has 5 aromatic rings. The third-order valence-corrected chi connectivity index (χ3v) is 6.05. The van der Waals surface area contributed by atoms with E-state index in [1.807, 2.05) is 42.7 Å². The van der Waals surface area contributed by atoms with E-state index in [0.29, 0.717) is 17.2 Å². The second-order valence-corrected chi connectivity index (χ2v) is 8.75. The van der Waals surface area contributed by atoms with Crippen molar-refractivity contribution in [2.24, 2.45) is 0 Å². The molecule has 4 heterocycles. The first kappa shape index (κ1) is 23.1. The normalized spacial score (nSPS) is 11.1. The Labute approximate surface area is 208 Å². The van der Waals surface area contributed by atoms with Gasteiger partial charge in [0.25, 0.3) is 0 Å². The average molecular weight is 477 g/mol. The van der Waals surface area contributed by atoms with Crippen LogP contribution in [0.2, 0.25) is 0 Å². The Morgan fingerprint density at radius 2 is 1.89 bits per heavy atom. The van der Waals surface area contributed by atoms with Crippen LogP contribution in [0.3, 0.4) is 0 Å². The van der Waals surface area contributed by atoms with Gasteiger partial charge in [-0.3, -0.25) is 9.36 Å². The largest absolute Gasteiger partial charge is 0.294 e. The van der Waals surface area contributed by atoms with Crippen molar-refractivity contribution in [3.8, 4) is 17.7 Å². The van der Waals surface area contributed by atoms with E-state index in [2.05, 4.69) is 32.4 Å². The molecular weight excluding hydrogens is 452 g/mol. The van der Waals surface area contributed by atoms with Gasteiger partial charge in [0.2, 0.25) is 0 Å². The molecule has 0 radical (unpaired) electrons. The number of carbonyl (C=O) groups is 1. The number of imidazole rings is 1. The van der Waals surface area contributed by atoms with Crippen molar-refractivity contribution in [3.05, 3.63) is 88.8 Å². The van der Waals surface area contributed by atoms with Crippen molar-refractivity contribution in [2.45, 2.75) is 40.0 Å². The van der Waals surface area contributed by atoms with Gasteiger partial charge in [0, 0.05) is 5.69 Å². The number of pyridine rings is 1. The molecule has 0 atom stereocenters. The third-order valence-electron chi connectivity index (χ3n) is 6.05. The van der Waals surface area contributed by atoms with Crippen molar-refractivity contribution in [3.63, 3.8) is 0 Å². The van der Waals surface area contributed by atoms with Crippen LogP contribution in [0.4, 0.5) is 0 Å². The molecular formula is C27H24N8O. The fourth-order valence-electron chi connectivity index (χ4n) is 4.18. The van der Waals surface area contributed by atoms with Crippen LogP contribution in [0.5, 0.6) is 0 Å². The predicted octanol–water partition coefficient (Wildman–Crippen LogP) is 4.26. The molecule has 0 saturated carbocycles. The van der Waals surface area contributed by atoms with Crippen LogP contribution in [0.15, 0.2) is 54.9 Å². The second kappa shape index (κ2) is 9.50. The summed E-state index contributed by atoms with van der Waals surface area (Å²) >= 11 is 0. The number of benzene rings is 1. The van der Waals surface area contributed by atoms with Crippen LogP contribution in [-0.4, -0.2) is 40.3 Å². The lowest BCUT2D eigenvalue weighted by Gasteiger charge is -2.12. The Kier molecular flexibility index (Phi) is 6.09. The van der Waals surface area contributed by atoms with Gasteiger partial charge in [-0.2, -0.15) is 20.6 Å². The molecule has 9 heteroatoms. The number of rotatable bonds is 7. The maximum atomic E-state index is 12.3. The van der Waals surface area contributed by atoms with Crippen molar-refractivity contribution in [1.82, 2.24) is 34.5 Å². The van der Waals surface area contributed by atoms with Crippen molar-refractivity contribution in [2.75, 3.05) is 0 Å². The smallest absolute Gasteiger partial charge is 0.166 e. The highest BCUT2D eigenvalue weighted by atomic mass is 16.1. The second-order valence-electron chi connectivity index (χ2n) is 8.75. The topological polar surface area (TPSA) is 115 Å². The summed E-state index contributed by atoms with van der Waals surface area (Å²) in [5, 5.41) is 21.9. The van der Waals surface area contributed by atoms with Crippen LogP contribution in [-0.2, 0) is 12.8 Å². The van der Waals surface area contributed by atoms with E-state index in [-0.39, 0.29) is 11.5 Å². The van der Waals surface area contributed by atoms with Gasteiger partial charge in [0.1, 0.15) is 18.2 Å². The van der Waals surface area contributed by atoms with Gasteiger partial charge in [-0.15, -0.1) is 0 Å². The molecule has 0 unspecified atom stereocenters. The van der Waals surface area contributed by atoms with Crippen molar-refractivity contribution in [1.29, 1.82) is 5.26 Å². The molecule has 0 N–H and O–H groups in total. The summed E-state index contributed by atoms with van der Waals surface area (Å²) in [5.74, 6) is 0.864. The predicted molar refractivity (Wildman–Crippen MR) is 134 cm³/mol. The minimum Gasteiger partial charge on any atom is -0.294 e. The molecule has 0 spiro atoms. The van der Waals surface area contributed by atoms with Gasteiger partial charge >= 0.3 is 0 Å². The number of carbonyl (C=O) groups excluding carboxylic acids is 1. The fraction of sp³-hybridized carbons (Fsp3) is 0.222. The summed E-state index contributed by atoms with van der Waals surface area (Å²) in [6.07, 6.45) is 4.43. The van der Waals surface area contributed by atoms with E-state index in [1.165, 1.54) is 17.2 Å². The van der Waals surface area contributed by atoms with Crippen LogP contribution in [0.1, 0.15) is 52.0 Å². The lowest BCUT2D eigenvalue weighted by Crippen LogP contribution is -2.11. The lowest BCUT2D eigenvalue weighted by atomic mass is 10.1. The Morgan fingerprint density at radius 3 is 2.61 bits per heavy atom. The average Bonchev–Trinajstić information content (AvgIpc) is 3.47. The molecule has 0 aliphatic heterocycles. The van der Waals surface area contributed by atoms with Gasteiger partial charge in [0.15, 0.2) is 17.3 Å². The number of hydrogen-bond donors (Lipinski definition) is 0. The molecule has 4 aromatic heterocycles. The first-order valence-electron chi connectivity index (χ1n) is 11.7. The molecule has 36 heavy (non-hydrogen) atoms. The highest BCUT2D eigenvalue weighted by molar-refractivity contribution is 5.97. The molecule has 0 amide bonds. The Hall–Kier alpha value is -4.71. The third kappa shape index (κ3) is 4.49. The molecule has 178 valence electrons. The van der Waals surface area contributed by atoms with Crippen molar-refractivity contribution < 1.29 is 4.79 Å². The Bertz CT molecular complexity index is 1620. The Morgan fingerprint density at radius 1 is 1.03 bits per heavy atom. The van der Waals surface area contributed by atoms with Gasteiger partial charge in [-0.1, -0.05) is 6.07 Å². The van der Waals surface area contributed by atoms with E-state index < -0.39 is 0 Å². The summed E-state index contributed by atoms with van der Waals surface area (Å²) in [7, 11) is 0. The van der Waals surface area contributed by atoms with Crippen molar-refractivity contribution >= 4 is 16.8 Å². The number of ketones is 1. The molecule has 0 aliphatic rings. The van der Waals surface area contributed by atoms with Gasteiger partial charge < -0.3 is 0 Å². The summed E-state index contributed by atoms with van der Waals surface area (Å²) < 4.78 is 3.44. The SMILES string of the molecule is CC(=O)c1ccc(-n2cnc3ccc(CCCc4ccc(C)nn4)cc32)nc1-n1nc(C#N)cc1C. The molecule has 9 nitrogen and oxygen atoms in total. The Balaban J connectivity index is 1.47. The van der Waals surface area contributed by atoms with Crippen LogP contribution in [0, 0.1) is 25.2 Å². The zero-order chi connectivity index (χ0) is 25.2. The first-order valence-corrected chi connectivity index (χ1v) is 11.7. The highest BCUT2D eigenvalue weighted by Gasteiger charge is 2.17. The van der Waals surface area contributed by atoms with Crippen LogP contribution in [0.25, 0.3) is 22.7 Å². The van der Waals surface area contributed by atoms with E-state index in [1.54, 1.807) is 24.5 Å². The van der Waals surface area contributed by atoms with Gasteiger partial charge in [0.05, 0.1) is 28.0 Å². The number of Topliss-reactive ketones (excluding diaryl/α,β-unsaturated/α-hetero) is 1. The molecule has 0 bridgehead atoms. The molecule has 0 aliphatic carbocycles. The maximum Gasteiger partial charge on any atom is 0.166 e. The number of hydrogen-bond acceptors (Lipinski definition) is 7. The molecule has 0 fully saturated rings. The minimum absolute atomic E-state index is 0.131. The minimum atomic E-state index is -0.131. The zero-order valence-electron chi connectivity index (χ0n) is 20.3. The number of aromatic nitrogens is 7. The number of fused-ring (bicyclic) bond motifs is 1. The van der Waals surface area contributed by atoms with E-state index >= 15 is 0 Å². The summed E-state index contributed by atoms with van der Waals surface area (Å²) in [6.45, 7) is 5.25. The zero-order valence-corrected chi connectivity index (χ0v) is 20.3. The summed E-state index contributed by atoms with van der Waals surface area (Å²) in [4.78, 5) is 21.6. The van der Waals surface area contributed by atoms with E-state index in [4.69, 9.17) is 4.98 Å². The molecule has 1 aromatic carbocycles. The standard InChI is InChI=1S/C27H24N8O/c1-17-7-9-21(32-31-17)6-4-5-20-8-11-24-25(14-20)34(16-29-24)26-12-10-23(19(3)36)27(30-26)35-18(2)13-22(15-28)33-35/h7-14,16H,4-6H2,1-3H3. The summed E-state index contributed by atoms with van der Waals surface area (Å²) in [5.41, 5.74) is 6.28. The van der Waals surface area contributed by atoms with Crippen LogP contribution < -0.4 is 0 Å². The monoisotopic (exact) mass is 476 g/mol. The molecule has 5 rings (SSSR count). The number of nitrogens with zero attached hydrogens (tertiary/aromatic N) is 8. The summed E-state index contributed by atoms with van der Waals surface area (Å²) in [6, 6.07) is 17.5. The number of nitriles is 1. The van der Waals surface area contributed by atoms with Gasteiger partial charge in [-0.25, -0.2) is 14.6 Å².